The summed E-state index contributed by atoms with van der Waals surface area (Å²) in [4.78, 5) is 12.7. The first-order chi connectivity index (χ1) is 9.93. The maximum Gasteiger partial charge on any atom is 0.407 e. The summed E-state index contributed by atoms with van der Waals surface area (Å²) in [6.45, 7) is 2.91. The molecule has 6 heteroatoms. The number of carbonyl (C=O) groups is 1. The molecule has 21 heavy (non-hydrogen) atoms. The molecular weight excluding hydrogens is 294 g/mol. The van der Waals surface area contributed by atoms with Crippen LogP contribution in [0, 0.1) is 0 Å². The summed E-state index contributed by atoms with van der Waals surface area (Å²) in [5, 5.41) is 19.3. The van der Waals surface area contributed by atoms with Gasteiger partial charge in [-0.2, -0.15) is 0 Å². The fourth-order valence-corrected chi connectivity index (χ4v) is 3.70. The molecule has 2 heterocycles. The molecule has 0 bridgehead atoms. The number of amides is 1. The second-order valence-electron chi connectivity index (χ2n) is 5.83. The van der Waals surface area contributed by atoms with E-state index in [0.29, 0.717) is 31.0 Å². The Labute approximate surface area is 128 Å². The Morgan fingerprint density at radius 3 is 2.95 bits per heavy atom. The predicted molar refractivity (Wildman–Crippen MR) is 77.9 cm³/mol. The van der Waals surface area contributed by atoms with E-state index < -0.39 is 11.7 Å². The van der Waals surface area contributed by atoms with Crippen LogP contribution in [0.2, 0.25) is 5.02 Å². The Balaban J connectivity index is 1.98. The van der Waals surface area contributed by atoms with Crippen molar-refractivity contribution in [3.63, 3.8) is 0 Å². The third kappa shape index (κ3) is 2.34. The fraction of sp³-hybridized carbons (Fsp3) is 0.533. The smallest absolute Gasteiger partial charge is 0.407 e. The third-order valence-corrected chi connectivity index (χ3v) is 4.88. The van der Waals surface area contributed by atoms with E-state index in [1.54, 1.807) is 12.1 Å². The fourth-order valence-electron chi connectivity index (χ4n) is 3.54. The van der Waals surface area contributed by atoms with Crippen molar-refractivity contribution in [2.24, 2.45) is 0 Å². The number of halogens is 1. The van der Waals surface area contributed by atoms with Gasteiger partial charge in [-0.15, -0.1) is 0 Å². The van der Waals surface area contributed by atoms with E-state index in [2.05, 4.69) is 0 Å². The van der Waals surface area contributed by atoms with Gasteiger partial charge in [-0.3, -0.25) is 0 Å². The number of benzene rings is 1. The van der Waals surface area contributed by atoms with Crippen LogP contribution in [-0.2, 0) is 16.8 Å². The summed E-state index contributed by atoms with van der Waals surface area (Å²) in [5.74, 6) is 0.0866. The van der Waals surface area contributed by atoms with Gasteiger partial charge in [0.1, 0.15) is 5.75 Å². The van der Waals surface area contributed by atoms with E-state index in [0.717, 1.165) is 17.5 Å². The second kappa shape index (κ2) is 5.07. The van der Waals surface area contributed by atoms with Crippen LogP contribution in [0.3, 0.4) is 0 Å². The average molecular weight is 312 g/mol. The standard InChI is InChI=1S/C15H18ClNO4/c1-9-8-15(3-4-17(9)14(19)20)11-7-12(16)13(18)6-10(11)2-5-21-15/h6-7,9,18H,2-5,8H2,1H3,(H,19,20)/t9-,15+/m0/s1. The first-order valence-corrected chi connectivity index (χ1v) is 7.46. The first-order valence-electron chi connectivity index (χ1n) is 7.08. The Bertz CT molecular complexity index is 591. The number of aromatic hydroxyl groups is 1. The predicted octanol–water partition coefficient (Wildman–Crippen LogP) is 2.98. The van der Waals surface area contributed by atoms with Gasteiger partial charge < -0.3 is 19.8 Å². The number of carboxylic acid groups (broad SMARTS) is 1. The van der Waals surface area contributed by atoms with Crippen molar-refractivity contribution >= 4 is 17.7 Å². The summed E-state index contributed by atoms with van der Waals surface area (Å²) in [5.41, 5.74) is 1.54. The van der Waals surface area contributed by atoms with Crippen molar-refractivity contribution in [2.75, 3.05) is 13.2 Å². The van der Waals surface area contributed by atoms with E-state index in [-0.39, 0.29) is 11.8 Å². The van der Waals surface area contributed by atoms with Crippen molar-refractivity contribution in [2.45, 2.75) is 37.8 Å². The monoisotopic (exact) mass is 311 g/mol. The molecule has 2 aliphatic rings. The highest BCUT2D eigenvalue weighted by Crippen LogP contribution is 2.45. The lowest BCUT2D eigenvalue weighted by Gasteiger charge is -2.47. The molecule has 0 unspecified atom stereocenters. The first kappa shape index (κ1) is 14.5. The Morgan fingerprint density at radius 1 is 1.52 bits per heavy atom. The van der Waals surface area contributed by atoms with Gasteiger partial charge in [0.25, 0.3) is 0 Å². The zero-order valence-electron chi connectivity index (χ0n) is 11.8. The number of piperidine rings is 1. The van der Waals surface area contributed by atoms with Gasteiger partial charge in [0, 0.05) is 19.0 Å². The molecule has 3 rings (SSSR count). The van der Waals surface area contributed by atoms with E-state index >= 15 is 0 Å². The lowest BCUT2D eigenvalue weighted by atomic mass is 9.77. The number of likely N-dealkylation sites (tertiary alicyclic amines) is 1. The molecule has 0 aromatic heterocycles. The van der Waals surface area contributed by atoms with Gasteiger partial charge in [0.05, 0.1) is 17.2 Å². The van der Waals surface area contributed by atoms with E-state index in [1.807, 2.05) is 6.92 Å². The van der Waals surface area contributed by atoms with Crippen molar-refractivity contribution in [1.29, 1.82) is 0 Å². The molecule has 1 aromatic carbocycles. The van der Waals surface area contributed by atoms with Gasteiger partial charge >= 0.3 is 6.09 Å². The van der Waals surface area contributed by atoms with Crippen LogP contribution in [-0.4, -0.2) is 40.4 Å². The van der Waals surface area contributed by atoms with Crippen LogP contribution in [0.4, 0.5) is 4.79 Å². The number of phenols is 1. The van der Waals surface area contributed by atoms with Crippen molar-refractivity contribution in [3.8, 4) is 5.75 Å². The summed E-state index contributed by atoms with van der Waals surface area (Å²) in [6, 6.07) is 3.36. The Morgan fingerprint density at radius 2 is 2.29 bits per heavy atom. The number of hydrogen-bond donors (Lipinski definition) is 2. The molecule has 0 radical (unpaired) electrons. The van der Waals surface area contributed by atoms with Gasteiger partial charge in [-0.05, 0) is 43.0 Å². The molecule has 1 fully saturated rings. The molecule has 0 saturated carbocycles. The second-order valence-corrected chi connectivity index (χ2v) is 6.24. The highest BCUT2D eigenvalue weighted by atomic mass is 35.5. The summed E-state index contributed by atoms with van der Waals surface area (Å²) in [6.07, 6.45) is 1.06. The van der Waals surface area contributed by atoms with Crippen LogP contribution < -0.4 is 0 Å². The van der Waals surface area contributed by atoms with Crippen molar-refractivity contribution in [1.82, 2.24) is 4.90 Å². The minimum absolute atomic E-state index is 0.0866. The van der Waals surface area contributed by atoms with Crippen LogP contribution >= 0.6 is 11.6 Å². The van der Waals surface area contributed by atoms with Gasteiger partial charge in [-0.25, -0.2) is 4.79 Å². The molecular formula is C15H18ClNO4. The number of hydrogen-bond acceptors (Lipinski definition) is 3. The highest BCUT2D eigenvalue weighted by Gasteiger charge is 2.45. The maximum absolute atomic E-state index is 11.2. The SMILES string of the molecule is C[C@H]1C[C@@]2(CCN1C(=O)O)OCCc1cc(O)c(Cl)cc12. The van der Waals surface area contributed by atoms with Crippen LogP contribution in [0.5, 0.6) is 5.75 Å². The third-order valence-electron chi connectivity index (χ3n) is 4.57. The molecule has 2 aliphatic heterocycles. The zero-order chi connectivity index (χ0) is 15.2. The molecule has 0 aliphatic carbocycles. The van der Waals surface area contributed by atoms with E-state index in [1.165, 1.54) is 4.90 Å². The molecule has 1 saturated heterocycles. The van der Waals surface area contributed by atoms with Crippen molar-refractivity contribution < 1.29 is 19.7 Å². The molecule has 2 N–H and O–H groups in total. The quantitative estimate of drug-likeness (QED) is 0.773. The van der Waals surface area contributed by atoms with Crippen molar-refractivity contribution in [3.05, 3.63) is 28.3 Å². The van der Waals surface area contributed by atoms with Crippen LogP contribution in [0.25, 0.3) is 0 Å². The molecule has 1 aromatic rings. The normalized spacial score (nSPS) is 28.5. The minimum Gasteiger partial charge on any atom is -0.506 e. The summed E-state index contributed by atoms with van der Waals surface area (Å²) >= 11 is 6.05. The van der Waals surface area contributed by atoms with Crippen LogP contribution in [0.15, 0.2) is 12.1 Å². The van der Waals surface area contributed by atoms with Gasteiger partial charge in [0.15, 0.2) is 0 Å². The topological polar surface area (TPSA) is 70.0 Å². The van der Waals surface area contributed by atoms with Crippen LogP contribution in [0.1, 0.15) is 30.9 Å². The average Bonchev–Trinajstić information content (AvgIpc) is 2.41. The number of fused-ring (bicyclic) bond motifs is 2. The maximum atomic E-state index is 11.2. The number of nitrogens with zero attached hydrogens (tertiary/aromatic N) is 1. The summed E-state index contributed by atoms with van der Waals surface area (Å²) in [7, 11) is 0. The molecule has 1 amide bonds. The molecule has 5 nitrogen and oxygen atoms in total. The highest BCUT2D eigenvalue weighted by molar-refractivity contribution is 6.32. The number of ether oxygens (including phenoxy) is 1. The van der Waals surface area contributed by atoms with E-state index in [4.69, 9.17) is 16.3 Å². The molecule has 2 atom stereocenters. The van der Waals surface area contributed by atoms with Gasteiger partial charge in [-0.1, -0.05) is 11.6 Å². The molecule has 1 spiro atoms. The minimum atomic E-state index is -0.892. The Kier molecular flexibility index (Phi) is 3.50. The summed E-state index contributed by atoms with van der Waals surface area (Å²) < 4.78 is 6.07. The zero-order valence-corrected chi connectivity index (χ0v) is 12.6. The lowest BCUT2D eigenvalue weighted by molar-refractivity contribution is -0.106. The number of phenolic OH excluding ortho intramolecular Hbond substituents is 1. The van der Waals surface area contributed by atoms with Gasteiger partial charge in [0.2, 0.25) is 0 Å². The molecule has 114 valence electrons. The number of rotatable bonds is 0. The van der Waals surface area contributed by atoms with E-state index in [9.17, 15) is 15.0 Å². The largest absolute Gasteiger partial charge is 0.506 e. The lowest BCUT2D eigenvalue weighted by Crippen LogP contribution is -2.52. The Hall–Kier alpha value is -1.46.